The quantitative estimate of drug-likeness (QED) is 0.271. The standard InChI is InChI=1S/C19H21NO7/c1-24-18-12-14(5-10-17(18)26-11-3-4-19(21)25-2)13-27-16-8-6-15(7-9-16)20(22)23/h5-10,12H,3-4,11,13H2,1-2H3. The Hall–Kier alpha value is -3.29. The lowest BCUT2D eigenvalue weighted by Gasteiger charge is -2.12. The number of ether oxygens (including phenoxy) is 4. The van der Waals surface area contributed by atoms with Gasteiger partial charge in [0, 0.05) is 18.6 Å². The summed E-state index contributed by atoms with van der Waals surface area (Å²) in [5, 5.41) is 10.7. The summed E-state index contributed by atoms with van der Waals surface area (Å²) in [4.78, 5) is 21.3. The molecule has 0 spiro atoms. The number of benzene rings is 2. The second-order valence-corrected chi connectivity index (χ2v) is 5.55. The molecule has 2 rings (SSSR count). The van der Waals surface area contributed by atoms with Crippen LogP contribution in [0.3, 0.4) is 0 Å². The Morgan fingerprint density at radius 1 is 1.04 bits per heavy atom. The minimum atomic E-state index is -0.460. The first-order valence-electron chi connectivity index (χ1n) is 8.27. The Kier molecular flexibility index (Phi) is 7.42. The molecule has 2 aromatic carbocycles. The normalized spacial score (nSPS) is 10.1. The van der Waals surface area contributed by atoms with E-state index in [0.717, 1.165) is 5.56 Å². The summed E-state index contributed by atoms with van der Waals surface area (Å²) in [5.41, 5.74) is 0.866. The van der Waals surface area contributed by atoms with Crippen molar-refractivity contribution in [3.63, 3.8) is 0 Å². The molecule has 0 radical (unpaired) electrons. The molecule has 0 amide bonds. The summed E-state index contributed by atoms with van der Waals surface area (Å²) in [5.74, 6) is 1.38. The van der Waals surface area contributed by atoms with Crippen LogP contribution in [-0.2, 0) is 16.1 Å². The molecule has 0 atom stereocenters. The van der Waals surface area contributed by atoms with Gasteiger partial charge in [-0.15, -0.1) is 0 Å². The Morgan fingerprint density at radius 2 is 1.78 bits per heavy atom. The number of rotatable bonds is 10. The fourth-order valence-corrected chi connectivity index (χ4v) is 2.25. The number of esters is 1. The van der Waals surface area contributed by atoms with Gasteiger partial charge in [-0.05, 0) is 36.2 Å². The lowest BCUT2D eigenvalue weighted by atomic mass is 10.2. The summed E-state index contributed by atoms with van der Waals surface area (Å²) < 4.78 is 21.2. The number of nitro benzene ring substituents is 1. The summed E-state index contributed by atoms with van der Waals surface area (Å²) >= 11 is 0. The van der Waals surface area contributed by atoms with Gasteiger partial charge in [0.15, 0.2) is 11.5 Å². The van der Waals surface area contributed by atoms with Gasteiger partial charge >= 0.3 is 5.97 Å². The van der Waals surface area contributed by atoms with Crippen LogP contribution >= 0.6 is 0 Å². The largest absolute Gasteiger partial charge is 0.493 e. The van der Waals surface area contributed by atoms with Crippen LogP contribution in [0.15, 0.2) is 42.5 Å². The van der Waals surface area contributed by atoms with Gasteiger partial charge < -0.3 is 18.9 Å². The smallest absolute Gasteiger partial charge is 0.305 e. The molecule has 0 aliphatic carbocycles. The lowest BCUT2D eigenvalue weighted by Crippen LogP contribution is -2.05. The van der Waals surface area contributed by atoms with Crippen molar-refractivity contribution in [2.45, 2.75) is 19.4 Å². The maximum atomic E-state index is 11.1. The van der Waals surface area contributed by atoms with E-state index in [1.165, 1.54) is 26.4 Å². The van der Waals surface area contributed by atoms with E-state index >= 15 is 0 Å². The Balaban J connectivity index is 1.90. The van der Waals surface area contributed by atoms with Gasteiger partial charge in [0.1, 0.15) is 12.4 Å². The van der Waals surface area contributed by atoms with E-state index in [0.29, 0.717) is 36.7 Å². The van der Waals surface area contributed by atoms with Crippen LogP contribution in [0.2, 0.25) is 0 Å². The second kappa shape index (κ2) is 10.0. The van der Waals surface area contributed by atoms with E-state index in [2.05, 4.69) is 4.74 Å². The zero-order chi connectivity index (χ0) is 19.6. The van der Waals surface area contributed by atoms with Crippen LogP contribution in [0.1, 0.15) is 18.4 Å². The highest BCUT2D eigenvalue weighted by molar-refractivity contribution is 5.69. The number of carbonyl (C=O) groups excluding carboxylic acids is 1. The van der Waals surface area contributed by atoms with Crippen molar-refractivity contribution >= 4 is 11.7 Å². The molecule has 0 saturated carbocycles. The van der Waals surface area contributed by atoms with Gasteiger partial charge in [-0.3, -0.25) is 14.9 Å². The Labute approximate surface area is 156 Å². The van der Waals surface area contributed by atoms with Gasteiger partial charge in [0.05, 0.1) is 25.7 Å². The first-order chi connectivity index (χ1) is 13.0. The molecule has 8 heteroatoms. The molecule has 0 saturated heterocycles. The number of nitrogens with zero attached hydrogens (tertiary/aromatic N) is 1. The topological polar surface area (TPSA) is 97.1 Å². The second-order valence-electron chi connectivity index (χ2n) is 5.55. The van der Waals surface area contributed by atoms with Crippen LogP contribution in [0.5, 0.6) is 17.2 Å². The molecule has 8 nitrogen and oxygen atoms in total. The van der Waals surface area contributed by atoms with E-state index in [4.69, 9.17) is 14.2 Å². The number of non-ortho nitro benzene ring substituents is 1. The van der Waals surface area contributed by atoms with Gasteiger partial charge in [-0.25, -0.2) is 0 Å². The first-order valence-corrected chi connectivity index (χ1v) is 8.27. The predicted octanol–water partition coefficient (Wildman–Crippen LogP) is 3.51. The van der Waals surface area contributed by atoms with E-state index in [-0.39, 0.29) is 18.3 Å². The number of carbonyl (C=O) groups is 1. The van der Waals surface area contributed by atoms with Gasteiger partial charge in [0.2, 0.25) is 0 Å². The molecule has 0 fully saturated rings. The first kappa shape index (κ1) is 20.0. The van der Waals surface area contributed by atoms with Crippen molar-refractivity contribution in [1.29, 1.82) is 0 Å². The molecule has 0 bridgehead atoms. The molecule has 27 heavy (non-hydrogen) atoms. The molecule has 0 N–H and O–H groups in total. The van der Waals surface area contributed by atoms with Gasteiger partial charge in [0.25, 0.3) is 5.69 Å². The highest BCUT2D eigenvalue weighted by Crippen LogP contribution is 2.29. The molecule has 0 unspecified atom stereocenters. The van der Waals surface area contributed by atoms with Crippen molar-refractivity contribution in [2.75, 3.05) is 20.8 Å². The molecule has 2 aromatic rings. The van der Waals surface area contributed by atoms with Gasteiger partial charge in [-0.1, -0.05) is 6.07 Å². The van der Waals surface area contributed by atoms with Crippen LogP contribution < -0.4 is 14.2 Å². The lowest BCUT2D eigenvalue weighted by molar-refractivity contribution is -0.384. The zero-order valence-corrected chi connectivity index (χ0v) is 15.2. The SMILES string of the molecule is COC(=O)CCCOc1ccc(COc2ccc([N+](=O)[O-])cc2)cc1OC. The van der Waals surface area contributed by atoms with Crippen LogP contribution in [0.4, 0.5) is 5.69 Å². The van der Waals surface area contributed by atoms with Gasteiger partial charge in [-0.2, -0.15) is 0 Å². The number of hydrogen-bond donors (Lipinski definition) is 0. The van der Waals surface area contributed by atoms with E-state index in [1.54, 1.807) is 24.3 Å². The minimum Gasteiger partial charge on any atom is -0.493 e. The molecule has 144 valence electrons. The zero-order valence-electron chi connectivity index (χ0n) is 15.2. The third-order valence-electron chi connectivity index (χ3n) is 3.69. The number of hydrogen-bond acceptors (Lipinski definition) is 7. The number of nitro groups is 1. The Bertz CT molecular complexity index is 774. The minimum absolute atomic E-state index is 0.0118. The third-order valence-corrected chi connectivity index (χ3v) is 3.69. The summed E-state index contributed by atoms with van der Waals surface area (Å²) in [6.45, 7) is 0.640. The maximum absolute atomic E-state index is 11.1. The monoisotopic (exact) mass is 375 g/mol. The average molecular weight is 375 g/mol. The molecular formula is C19H21NO7. The molecule has 0 aromatic heterocycles. The van der Waals surface area contributed by atoms with Crippen LogP contribution in [0.25, 0.3) is 0 Å². The predicted molar refractivity (Wildman–Crippen MR) is 97.2 cm³/mol. The highest BCUT2D eigenvalue weighted by atomic mass is 16.6. The fraction of sp³-hybridized carbons (Fsp3) is 0.316. The summed E-state index contributed by atoms with van der Waals surface area (Å²) in [6.07, 6.45) is 0.834. The summed E-state index contributed by atoms with van der Waals surface area (Å²) in [7, 11) is 2.89. The average Bonchev–Trinajstić information content (AvgIpc) is 2.70. The van der Waals surface area contributed by atoms with Crippen molar-refractivity contribution in [1.82, 2.24) is 0 Å². The van der Waals surface area contributed by atoms with Crippen LogP contribution in [0, 0.1) is 10.1 Å². The number of methoxy groups -OCH3 is 2. The van der Waals surface area contributed by atoms with Crippen molar-refractivity contribution in [3.8, 4) is 17.2 Å². The molecule has 0 aliphatic rings. The maximum Gasteiger partial charge on any atom is 0.305 e. The van der Waals surface area contributed by atoms with Crippen molar-refractivity contribution in [3.05, 3.63) is 58.1 Å². The Morgan fingerprint density at radius 3 is 2.41 bits per heavy atom. The molecule has 0 heterocycles. The van der Waals surface area contributed by atoms with Crippen molar-refractivity contribution in [2.24, 2.45) is 0 Å². The summed E-state index contributed by atoms with van der Waals surface area (Å²) in [6, 6.07) is 11.3. The fourth-order valence-electron chi connectivity index (χ4n) is 2.25. The molecular weight excluding hydrogens is 354 g/mol. The molecule has 0 aliphatic heterocycles. The van der Waals surface area contributed by atoms with Crippen LogP contribution in [-0.4, -0.2) is 31.7 Å². The van der Waals surface area contributed by atoms with Crippen molar-refractivity contribution < 1.29 is 28.7 Å². The third kappa shape index (κ3) is 6.18. The highest BCUT2D eigenvalue weighted by Gasteiger charge is 2.08. The van der Waals surface area contributed by atoms with E-state index in [9.17, 15) is 14.9 Å². The van der Waals surface area contributed by atoms with E-state index < -0.39 is 4.92 Å². The van der Waals surface area contributed by atoms with E-state index in [1.807, 2.05) is 6.07 Å².